The summed E-state index contributed by atoms with van der Waals surface area (Å²) in [5.41, 5.74) is 0.681. The van der Waals surface area contributed by atoms with E-state index in [4.69, 9.17) is 16.3 Å². The van der Waals surface area contributed by atoms with Crippen LogP contribution in [0.1, 0.15) is 55.3 Å². The van der Waals surface area contributed by atoms with Crippen molar-refractivity contribution in [2.75, 3.05) is 20.2 Å². The molecule has 1 heterocycles. The van der Waals surface area contributed by atoms with E-state index < -0.39 is 0 Å². The predicted octanol–water partition coefficient (Wildman–Crippen LogP) is 3.66. The van der Waals surface area contributed by atoms with Crippen molar-refractivity contribution in [1.29, 1.82) is 0 Å². The maximum atomic E-state index is 12.6. The van der Waals surface area contributed by atoms with Crippen molar-refractivity contribution in [3.05, 3.63) is 34.9 Å². The molecule has 148 valence electrons. The van der Waals surface area contributed by atoms with Crippen LogP contribution in [0.3, 0.4) is 0 Å². The first-order valence-electron chi connectivity index (χ1n) is 9.97. The van der Waals surface area contributed by atoms with Gasteiger partial charge < -0.3 is 15.0 Å². The molecule has 6 heteroatoms. The van der Waals surface area contributed by atoms with Crippen molar-refractivity contribution < 1.29 is 14.3 Å². The third-order valence-electron chi connectivity index (χ3n) is 5.84. The molecule has 27 heavy (non-hydrogen) atoms. The topological polar surface area (TPSA) is 58.6 Å². The highest BCUT2D eigenvalue weighted by Crippen LogP contribution is 2.26. The van der Waals surface area contributed by atoms with Gasteiger partial charge in [0.15, 0.2) is 0 Å². The number of rotatable bonds is 4. The van der Waals surface area contributed by atoms with Gasteiger partial charge in [-0.05, 0) is 49.9 Å². The fraction of sp³-hybridized carbons (Fsp3) is 0.619. The Balaban J connectivity index is 1.54. The number of benzene rings is 1. The summed E-state index contributed by atoms with van der Waals surface area (Å²) in [4.78, 5) is 26.7. The molecule has 3 rings (SSSR count). The van der Waals surface area contributed by atoms with E-state index in [-0.39, 0.29) is 23.8 Å². The molecule has 1 aromatic rings. The zero-order chi connectivity index (χ0) is 19.2. The summed E-state index contributed by atoms with van der Waals surface area (Å²) in [7, 11) is 1.48. The number of carbonyl (C=O) groups is 2. The summed E-state index contributed by atoms with van der Waals surface area (Å²) in [5.74, 6) is -0.0806. The molecule has 1 aliphatic carbocycles. The smallest absolute Gasteiger partial charge is 0.310 e. The fourth-order valence-corrected chi connectivity index (χ4v) is 4.39. The van der Waals surface area contributed by atoms with Crippen LogP contribution >= 0.6 is 11.6 Å². The molecule has 2 fully saturated rings. The van der Waals surface area contributed by atoms with Gasteiger partial charge in [-0.15, -0.1) is 0 Å². The molecular formula is C21H29ClN2O3. The molecule has 0 bridgehead atoms. The third-order valence-corrected chi connectivity index (χ3v) is 6.09. The van der Waals surface area contributed by atoms with Crippen LogP contribution in [0.2, 0.25) is 5.02 Å². The second-order valence-corrected chi connectivity index (χ2v) is 8.05. The first kappa shape index (κ1) is 20.2. The Kier molecular flexibility index (Phi) is 7.13. The van der Waals surface area contributed by atoms with E-state index >= 15 is 0 Å². The lowest BCUT2D eigenvalue weighted by Crippen LogP contribution is -2.50. The summed E-state index contributed by atoms with van der Waals surface area (Å²) in [6, 6.07) is 7.59. The van der Waals surface area contributed by atoms with Crippen molar-refractivity contribution in [1.82, 2.24) is 10.2 Å². The van der Waals surface area contributed by atoms with Gasteiger partial charge in [-0.1, -0.05) is 30.9 Å². The van der Waals surface area contributed by atoms with Crippen LogP contribution in [0.5, 0.6) is 0 Å². The number of esters is 1. The maximum absolute atomic E-state index is 12.6. The average molecular weight is 393 g/mol. The lowest BCUT2D eigenvalue weighted by Gasteiger charge is -2.36. The Morgan fingerprint density at radius 3 is 2.37 bits per heavy atom. The molecule has 1 aliphatic heterocycles. The molecule has 2 atom stereocenters. The third kappa shape index (κ3) is 5.23. The summed E-state index contributed by atoms with van der Waals surface area (Å²) >= 11 is 5.90. The largest absolute Gasteiger partial charge is 0.469 e. The Morgan fingerprint density at radius 2 is 1.70 bits per heavy atom. The predicted molar refractivity (Wildman–Crippen MR) is 106 cm³/mol. The van der Waals surface area contributed by atoms with Gasteiger partial charge in [0, 0.05) is 35.8 Å². The Labute approximate surface area is 166 Å². The van der Waals surface area contributed by atoms with Crippen molar-refractivity contribution in [3.8, 4) is 0 Å². The minimum Gasteiger partial charge on any atom is -0.469 e. The van der Waals surface area contributed by atoms with Gasteiger partial charge >= 0.3 is 5.97 Å². The van der Waals surface area contributed by atoms with Crippen LogP contribution in [0, 0.1) is 5.92 Å². The number of methoxy groups -OCH3 is 1. The van der Waals surface area contributed by atoms with Gasteiger partial charge in [0.1, 0.15) is 0 Å². The molecule has 5 nitrogen and oxygen atoms in total. The zero-order valence-electron chi connectivity index (χ0n) is 16.0. The Hall–Kier alpha value is -1.59. The molecule has 0 aromatic heterocycles. The molecule has 1 amide bonds. The number of hydrogen-bond donors (Lipinski definition) is 1. The SMILES string of the molecule is COC(=O)[C@@H]1CCCCC[C@H]1NC1CCN(C(=O)c2ccc(Cl)cc2)CC1. The van der Waals surface area contributed by atoms with E-state index in [2.05, 4.69) is 5.32 Å². The number of amides is 1. The maximum Gasteiger partial charge on any atom is 0.310 e. The van der Waals surface area contributed by atoms with Gasteiger partial charge in [0.25, 0.3) is 5.91 Å². The van der Waals surface area contributed by atoms with E-state index in [1.165, 1.54) is 13.5 Å². The zero-order valence-corrected chi connectivity index (χ0v) is 16.7. The number of nitrogens with zero attached hydrogens (tertiary/aromatic N) is 1. The van der Waals surface area contributed by atoms with Crippen molar-refractivity contribution in [2.24, 2.45) is 5.92 Å². The highest BCUT2D eigenvalue weighted by Gasteiger charge is 2.33. The highest BCUT2D eigenvalue weighted by atomic mass is 35.5. The van der Waals surface area contributed by atoms with Crippen LogP contribution < -0.4 is 5.32 Å². The lowest BCUT2D eigenvalue weighted by atomic mass is 9.92. The number of likely N-dealkylation sites (tertiary alicyclic amines) is 1. The van der Waals surface area contributed by atoms with Gasteiger partial charge in [-0.25, -0.2) is 0 Å². The molecule has 2 aliphatic rings. The number of hydrogen-bond acceptors (Lipinski definition) is 4. The molecule has 1 saturated carbocycles. The first-order valence-corrected chi connectivity index (χ1v) is 10.3. The normalized spacial score (nSPS) is 24.3. The monoisotopic (exact) mass is 392 g/mol. The number of carbonyl (C=O) groups excluding carboxylic acids is 2. The summed E-state index contributed by atoms with van der Waals surface area (Å²) in [5, 5.41) is 4.35. The van der Waals surface area contributed by atoms with Crippen LogP contribution in [-0.4, -0.2) is 49.1 Å². The van der Waals surface area contributed by atoms with Crippen LogP contribution in [0.25, 0.3) is 0 Å². The van der Waals surface area contributed by atoms with Gasteiger partial charge in [0.05, 0.1) is 13.0 Å². The molecule has 1 saturated heterocycles. The molecule has 1 N–H and O–H groups in total. The highest BCUT2D eigenvalue weighted by molar-refractivity contribution is 6.30. The van der Waals surface area contributed by atoms with Gasteiger partial charge in [0.2, 0.25) is 0 Å². The van der Waals surface area contributed by atoms with E-state index in [0.717, 1.165) is 51.6 Å². The summed E-state index contributed by atoms with van der Waals surface area (Å²) in [6.45, 7) is 1.46. The van der Waals surface area contributed by atoms with E-state index in [1.54, 1.807) is 24.3 Å². The molecule has 0 spiro atoms. The number of ether oxygens (including phenoxy) is 1. The van der Waals surface area contributed by atoms with Crippen LogP contribution in [0.15, 0.2) is 24.3 Å². The van der Waals surface area contributed by atoms with Crippen molar-refractivity contribution >= 4 is 23.5 Å². The van der Waals surface area contributed by atoms with E-state index in [0.29, 0.717) is 16.6 Å². The molecule has 1 aromatic carbocycles. The van der Waals surface area contributed by atoms with Gasteiger partial charge in [-0.2, -0.15) is 0 Å². The van der Waals surface area contributed by atoms with E-state index in [1.807, 2.05) is 4.90 Å². The number of halogens is 1. The summed E-state index contributed by atoms with van der Waals surface area (Å²) < 4.78 is 5.03. The summed E-state index contributed by atoms with van der Waals surface area (Å²) in [6.07, 6.45) is 7.15. The average Bonchev–Trinajstić information content (AvgIpc) is 2.93. The molecule has 0 unspecified atom stereocenters. The fourth-order valence-electron chi connectivity index (χ4n) is 4.27. The lowest BCUT2D eigenvalue weighted by molar-refractivity contribution is -0.146. The van der Waals surface area contributed by atoms with Gasteiger partial charge in [-0.3, -0.25) is 9.59 Å². The van der Waals surface area contributed by atoms with Crippen LogP contribution in [-0.2, 0) is 9.53 Å². The minimum atomic E-state index is -0.0928. The van der Waals surface area contributed by atoms with E-state index in [9.17, 15) is 9.59 Å². The quantitative estimate of drug-likeness (QED) is 0.627. The molecule has 0 radical (unpaired) electrons. The Morgan fingerprint density at radius 1 is 1.04 bits per heavy atom. The molecular weight excluding hydrogens is 364 g/mol. The minimum absolute atomic E-state index is 0.0498. The van der Waals surface area contributed by atoms with Crippen molar-refractivity contribution in [3.63, 3.8) is 0 Å². The second-order valence-electron chi connectivity index (χ2n) is 7.61. The Bertz CT molecular complexity index is 641. The standard InChI is InChI=1S/C21H29ClN2O3/c1-27-21(26)18-5-3-2-4-6-19(18)23-17-11-13-24(14-12-17)20(25)15-7-9-16(22)10-8-15/h7-10,17-19,23H,2-6,11-14H2,1H3/t18-,19-/m1/s1. The number of piperidine rings is 1. The number of nitrogens with one attached hydrogen (secondary N) is 1. The van der Waals surface area contributed by atoms with Crippen molar-refractivity contribution in [2.45, 2.75) is 57.0 Å². The van der Waals surface area contributed by atoms with Crippen LogP contribution in [0.4, 0.5) is 0 Å². The first-order chi connectivity index (χ1) is 13.1. The second kappa shape index (κ2) is 9.56.